The number of likely N-dealkylation sites (N-methyl/N-ethyl adjacent to an activating group) is 1. The highest BCUT2D eigenvalue weighted by Crippen LogP contribution is 2.21. The highest BCUT2D eigenvalue weighted by molar-refractivity contribution is 5.92. The summed E-state index contributed by atoms with van der Waals surface area (Å²) < 4.78 is 0. The van der Waals surface area contributed by atoms with E-state index in [1.165, 1.54) is 5.69 Å². The van der Waals surface area contributed by atoms with E-state index < -0.39 is 0 Å². The van der Waals surface area contributed by atoms with Crippen LogP contribution in [0.5, 0.6) is 0 Å². The highest BCUT2D eigenvalue weighted by atomic mass is 16.2. The molecule has 1 unspecified atom stereocenters. The minimum Gasteiger partial charge on any atom is -0.369 e. The molecule has 1 saturated heterocycles. The van der Waals surface area contributed by atoms with Crippen molar-refractivity contribution in [3.05, 3.63) is 42.1 Å². The maximum Gasteiger partial charge on any atom is 0.272 e. The third kappa shape index (κ3) is 5.17. The van der Waals surface area contributed by atoms with Crippen LogP contribution in [0, 0.1) is 0 Å². The first-order valence-electron chi connectivity index (χ1n) is 9.50. The van der Waals surface area contributed by atoms with E-state index in [4.69, 9.17) is 0 Å². The molecule has 2 aromatic rings. The van der Waals surface area contributed by atoms with Crippen molar-refractivity contribution < 1.29 is 4.79 Å². The molecule has 0 bridgehead atoms. The van der Waals surface area contributed by atoms with Gasteiger partial charge in [-0.15, -0.1) is 10.2 Å². The predicted octanol–water partition coefficient (Wildman–Crippen LogP) is 2.50. The van der Waals surface area contributed by atoms with Gasteiger partial charge in [0.2, 0.25) is 0 Å². The SMILES string of the molecule is CCC(C)NC(=O)c1ccc(Nc2ccc(N3CCN(C)CC3)cc2)nn1. The second-order valence-electron chi connectivity index (χ2n) is 7.05. The molecule has 0 radical (unpaired) electrons. The van der Waals surface area contributed by atoms with Crippen LogP contribution in [-0.2, 0) is 0 Å². The lowest BCUT2D eigenvalue weighted by molar-refractivity contribution is 0.0933. The number of carbonyl (C=O) groups excluding carboxylic acids is 1. The Hall–Kier alpha value is -2.67. The van der Waals surface area contributed by atoms with Crippen LogP contribution in [0.1, 0.15) is 30.8 Å². The van der Waals surface area contributed by atoms with Crippen molar-refractivity contribution in [2.75, 3.05) is 43.4 Å². The molecular formula is C20H28N6O. The van der Waals surface area contributed by atoms with E-state index in [-0.39, 0.29) is 11.9 Å². The minimum atomic E-state index is -0.195. The van der Waals surface area contributed by atoms with E-state index in [1.54, 1.807) is 12.1 Å². The minimum absolute atomic E-state index is 0.121. The van der Waals surface area contributed by atoms with Crippen molar-refractivity contribution in [2.24, 2.45) is 0 Å². The molecule has 1 aromatic heterocycles. The van der Waals surface area contributed by atoms with Crippen LogP contribution in [0.3, 0.4) is 0 Å². The Morgan fingerprint density at radius 2 is 1.78 bits per heavy atom. The number of piperazine rings is 1. The quantitative estimate of drug-likeness (QED) is 0.816. The molecule has 0 saturated carbocycles. The Kier molecular flexibility index (Phi) is 6.24. The fourth-order valence-electron chi connectivity index (χ4n) is 2.89. The Morgan fingerprint density at radius 1 is 1.07 bits per heavy atom. The van der Waals surface area contributed by atoms with Gasteiger partial charge in [0, 0.05) is 43.6 Å². The number of nitrogens with zero attached hydrogens (tertiary/aromatic N) is 4. The average molecular weight is 368 g/mol. The van der Waals surface area contributed by atoms with Gasteiger partial charge in [-0.1, -0.05) is 6.92 Å². The molecule has 1 atom stereocenters. The molecule has 3 rings (SSSR count). The summed E-state index contributed by atoms with van der Waals surface area (Å²) in [5, 5.41) is 14.2. The highest BCUT2D eigenvalue weighted by Gasteiger charge is 2.14. The van der Waals surface area contributed by atoms with Crippen LogP contribution in [-0.4, -0.2) is 60.3 Å². The van der Waals surface area contributed by atoms with Gasteiger partial charge in [0.05, 0.1) is 0 Å². The van der Waals surface area contributed by atoms with Crippen LogP contribution in [0.4, 0.5) is 17.2 Å². The van der Waals surface area contributed by atoms with Crippen molar-refractivity contribution >= 4 is 23.1 Å². The van der Waals surface area contributed by atoms with Gasteiger partial charge >= 0.3 is 0 Å². The molecule has 7 nitrogen and oxygen atoms in total. The Bertz CT molecular complexity index is 738. The Labute approximate surface area is 160 Å². The van der Waals surface area contributed by atoms with Gasteiger partial charge in [0.25, 0.3) is 5.91 Å². The van der Waals surface area contributed by atoms with Crippen LogP contribution >= 0.6 is 0 Å². The third-order valence-electron chi connectivity index (χ3n) is 4.90. The molecule has 2 heterocycles. The van der Waals surface area contributed by atoms with Crippen molar-refractivity contribution in [1.82, 2.24) is 20.4 Å². The maximum absolute atomic E-state index is 12.1. The average Bonchev–Trinajstić information content (AvgIpc) is 2.69. The maximum atomic E-state index is 12.1. The van der Waals surface area contributed by atoms with Crippen LogP contribution in [0.25, 0.3) is 0 Å². The summed E-state index contributed by atoms with van der Waals surface area (Å²) in [7, 11) is 2.16. The van der Waals surface area contributed by atoms with E-state index in [0.29, 0.717) is 11.5 Å². The zero-order valence-corrected chi connectivity index (χ0v) is 16.3. The lowest BCUT2D eigenvalue weighted by Crippen LogP contribution is -2.44. The first-order valence-corrected chi connectivity index (χ1v) is 9.50. The standard InChI is InChI=1S/C20H28N6O/c1-4-15(2)21-20(27)18-9-10-19(24-23-18)22-16-5-7-17(8-6-16)26-13-11-25(3)12-14-26/h5-10,15H,4,11-14H2,1-3H3,(H,21,27)(H,22,24). The summed E-state index contributed by atoms with van der Waals surface area (Å²) in [5.74, 6) is 0.419. The molecule has 0 spiro atoms. The lowest BCUT2D eigenvalue weighted by Gasteiger charge is -2.34. The normalized spacial score (nSPS) is 16.0. The van der Waals surface area contributed by atoms with Gasteiger partial charge in [0.15, 0.2) is 11.5 Å². The Balaban J connectivity index is 1.58. The fourth-order valence-corrected chi connectivity index (χ4v) is 2.89. The summed E-state index contributed by atoms with van der Waals surface area (Å²) in [6.45, 7) is 8.27. The molecule has 7 heteroatoms. The molecule has 2 N–H and O–H groups in total. The second-order valence-corrected chi connectivity index (χ2v) is 7.05. The molecule has 144 valence electrons. The fraction of sp³-hybridized carbons (Fsp3) is 0.450. The summed E-state index contributed by atoms with van der Waals surface area (Å²) in [6.07, 6.45) is 0.878. The number of aromatic nitrogens is 2. The smallest absolute Gasteiger partial charge is 0.272 e. The zero-order valence-electron chi connectivity index (χ0n) is 16.3. The lowest BCUT2D eigenvalue weighted by atomic mass is 10.2. The van der Waals surface area contributed by atoms with Gasteiger partial charge in [-0.05, 0) is 56.8 Å². The van der Waals surface area contributed by atoms with Crippen LogP contribution < -0.4 is 15.5 Å². The monoisotopic (exact) mass is 368 g/mol. The summed E-state index contributed by atoms with van der Waals surface area (Å²) in [6, 6.07) is 11.9. The molecular weight excluding hydrogens is 340 g/mol. The van der Waals surface area contributed by atoms with Gasteiger partial charge in [-0.2, -0.15) is 0 Å². The van der Waals surface area contributed by atoms with E-state index in [2.05, 4.69) is 49.8 Å². The van der Waals surface area contributed by atoms with Gasteiger partial charge in [-0.25, -0.2) is 0 Å². The van der Waals surface area contributed by atoms with Gasteiger partial charge < -0.3 is 20.4 Å². The van der Waals surface area contributed by atoms with E-state index in [0.717, 1.165) is 38.3 Å². The Morgan fingerprint density at radius 3 is 2.37 bits per heavy atom. The first kappa shape index (κ1) is 19.1. The van der Waals surface area contributed by atoms with Crippen molar-refractivity contribution in [2.45, 2.75) is 26.3 Å². The molecule has 1 fully saturated rings. The van der Waals surface area contributed by atoms with E-state index >= 15 is 0 Å². The molecule has 1 aromatic carbocycles. The van der Waals surface area contributed by atoms with Crippen molar-refractivity contribution in [1.29, 1.82) is 0 Å². The summed E-state index contributed by atoms with van der Waals surface area (Å²) in [4.78, 5) is 16.8. The molecule has 1 aliphatic heterocycles. The van der Waals surface area contributed by atoms with Crippen LogP contribution in [0.2, 0.25) is 0 Å². The number of hydrogen-bond donors (Lipinski definition) is 2. The topological polar surface area (TPSA) is 73.4 Å². The first-order chi connectivity index (χ1) is 13.0. The molecule has 27 heavy (non-hydrogen) atoms. The number of nitrogens with one attached hydrogen (secondary N) is 2. The number of benzene rings is 1. The number of amides is 1. The molecule has 1 amide bonds. The molecule has 0 aliphatic carbocycles. The summed E-state index contributed by atoms with van der Waals surface area (Å²) >= 11 is 0. The van der Waals surface area contributed by atoms with E-state index in [1.807, 2.05) is 26.0 Å². The second kappa shape index (κ2) is 8.81. The van der Waals surface area contributed by atoms with Crippen molar-refractivity contribution in [3.63, 3.8) is 0 Å². The largest absolute Gasteiger partial charge is 0.369 e. The van der Waals surface area contributed by atoms with Gasteiger partial charge in [0.1, 0.15) is 0 Å². The number of rotatable bonds is 6. The van der Waals surface area contributed by atoms with Crippen LogP contribution in [0.15, 0.2) is 36.4 Å². The molecule has 1 aliphatic rings. The number of hydrogen-bond acceptors (Lipinski definition) is 6. The predicted molar refractivity (Wildman–Crippen MR) is 109 cm³/mol. The number of carbonyl (C=O) groups is 1. The van der Waals surface area contributed by atoms with Gasteiger partial charge in [-0.3, -0.25) is 4.79 Å². The van der Waals surface area contributed by atoms with E-state index in [9.17, 15) is 4.79 Å². The van der Waals surface area contributed by atoms with Crippen molar-refractivity contribution in [3.8, 4) is 0 Å². The zero-order chi connectivity index (χ0) is 19.2. The summed E-state index contributed by atoms with van der Waals surface area (Å²) in [5.41, 5.74) is 2.50. The third-order valence-corrected chi connectivity index (χ3v) is 4.90. The number of anilines is 3.